The standard InChI is InChI=1S/C23H22ClNO7/c1-12-15-8-9-18(30-2)21(31-3)20(15)32-23(29)16(12)11-19(26)25-17(22(27)28)10-13-4-6-14(24)7-5-13/h4-9,17H,10-11H2,1-3H3,(H,25,26)(H,27,28)/t17-/m1/s1. The molecule has 0 unspecified atom stereocenters. The summed E-state index contributed by atoms with van der Waals surface area (Å²) in [5, 5.41) is 13.1. The molecule has 2 aromatic carbocycles. The molecule has 0 spiro atoms. The Hall–Kier alpha value is -3.52. The van der Waals surface area contributed by atoms with Gasteiger partial charge in [0.2, 0.25) is 11.7 Å². The fraction of sp³-hybridized carbons (Fsp3) is 0.261. The van der Waals surface area contributed by atoms with E-state index < -0.39 is 23.5 Å². The van der Waals surface area contributed by atoms with Gasteiger partial charge in [0.05, 0.1) is 26.2 Å². The average molecular weight is 460 g/mol. The van der Waals surface area contributed by atoms with Crippen LogP contribution in [0.15, 0.2) is 45.6 Å². The van der Waals surface area contributed by atoms with Gasteiger partial charge in [-0.1, -0.05) is 23.7 Å². The third kappa shape index (κ3) is 4.86. The van der Waals surface area contributed by atoms with E-state index in [1.807, 2.05) is 0 Å². The van der Waals surface area contributed by atoms with Crippen molar-refractivity contribution < 1.29 is 28.6 Å². The van der Waals surface area contributed by atoms with Crippen molar-refractivity contribution in [3.05, 3.63) is 68.5 Å². The predicted octanol–water partition coefficient (Wildman–Crippen LogP) is 3.13. The van der Waals surface area contributed by atoms with Crippen molar-refractivity contribution >= 4 is 34.4 Å². The maximum absolute atomic E-state index is 12.6. The van der Waals surface area contributed by atoms with Crippen LogP contribution in [0.2, 0.25) is 5.02 Å². The number of rotatable bonds is 8. The van der Waals surface area contributed by atoms with Gasteiger partial charge in [0, 0.05) is 16.8 Å². The molecule has 8 nitrogen and oxygen atoms in total. The van der Waals surface area contributed by atoms with Crippen LogP contribution >= 0.6 is 11.6 Å². The number of hydrogen-bond donors (Lipinski definition) is 2. The number of carbonyl (C=O) groups is 2. The Kier molecular flexibility index (Phi) is 7.05. The topological polar surface area (TPSA) is 115 Å². The highest BCUT2D eigenvalue weighted by Gasteiger charge is 2.23. The number of amides is 1. The second kappa shape index (κ2) is 9.74. The van der Waals surface area contributed by atoms with Crippen LogP contribution in [-0.2, 0) is 22.4 Å². The highest BCUT2D eigenvalue weighted by molar-refractivity contribution is 6.30. The molecule has 0 aliphatic carbocycles. The molecule has 1 heterocycles. The number of carboxylic acids is 1. The number of ether oxygens (including phenoxy) is 2. The van der Waals surface area contributed by atoms with Crippen molar-refractivity contribution in [2.24, 2.45) is 0 Å². The zero-order chi connectivity index (χ0) is 23.4. The van der Waals surface area contributed by atoms with Crippen LogP contribution in [0, 0.1) is 6.92 Å². The van der Waals surface area contributed by atoms with Gasteiger partial charge in [0.25, 0.3) is 0 Å². The molecular formula is C23H22ClNO7. The predicted molar refractivity (Wildman–Crippen MR) is 119 cm³/mol. The first-order valence-corrected chi connectivity index (χ1v) is 10.1. The fourth-order valence-electron chi connectivity index (χ4n) is 3.43. The second-order valence-electron chi connectivity index (χ2n) is 7.14. The molecule has 0 bridgehead atoms. The minimum absolute atomic E-state index is 0.0700. The van der Waals surface area contributed by atoms with E-state index in [0.29, 0.717) is 27.3 Å². The van der Waals surface area contributed by atoms with Crippen molar-refractivity contribution in [2.75, 3.05) is 14.2 Å². The summed E-state index contributed by atoms with van der Waals surface area (Å²) in [6.45, 7) is 1.69. The molecule has 1 atom stereocenters. The van der Waals surface area contributed by atoms with Gasteiger partial charge in [-0.15, -0.1) is 0 Å². The number of carbonyl (C=O) groups excluding carboxylic acids is 1. The molecule has 1 amide bonds. The van der Waals surface area contributed by atoms with Gasteiger partial charge in [0.15, 0.2) is 11.3 Å². The van der Waals surface area contributed by atoms with E-state index in [9.17, 15) is 19.5 Å². The van der Waals surface area contributed by atoms with Crippen LogP contribution in [0.25, 0.3) is 11.0 Å². The molecule has 0 aliphatic heterocycles. The smallest absolute Gasteiger partial charge is 0.340 e. The summed E-state index contributed by atoms with van der Waals surface area (Å²) >= 11 is 5.85. The number of halogens is 1. The van der Waals surface area contributed by atoms with Crippen LogP contribution in [-0.4, -0.2) is 37.2 Å². The molecule has 3 rings (SSSR count). The number of benzene rings is 2. The van der Waals surface area contributed by atoms with Gasteiger partial charge in [-0.25, -0.2) is 9.59 Å². The van der Waals surface area contributed by atoms with E-state index in [4.69, 9.17) is 25.5 Å². The lowest BCUT2D eigenvalue weighted by Crippen LogP contribution is -2.43. The lowest BCUT2D eigenvalue weighted by Gasteiger charge is -2.16. The van der Waals surface area contributed by atoms with Gasteiger partial charge in [-0.05, 0) is 42.3 Å². The molecular weight excluding hydrogens is 438 g/mol. The highest BCUT2D eigenvalue weighted by Crippen LogP contribution is 2.36. The average Bonchev–Trinajstić information content (AvgIpc) is 2.76. The molecule has 0 aliphatic rings. The minimum atomic E-state index is -1.19. The van der Waals surface area contributed by atoms with Gasteiger partial charge < -0.3 is 24.3 Å². The maximum atomic E-state index is 12.6. The van der Waals surface area contributed by atoms with E-state index >= 15 is 0 Å². The molecule has 168 valence electrons. The summed E-state index contributed by atoms with van der Waals surface area (Å²) in [5.41, 5.74) is 0.880. The van der Waals surface area contributed by atoms with Crippen molar-refractivity contribution in [1.29, 1.82) is 0 Å². The summed E-state index contributed by atoms with van der Waals surface area (Å²) in [6.07, 6.45) is -0.261. The number of aliphatic carboxylic acids is 1. The van der Waals surface area contributed by atoms with Crippen LogP contribution in [0.4, 0.5) is 0 Å². The SMILES string of the molecule is COc1ccc2c(C)c(CC(=O)N[C@H](Cc3ccc(Cl)cc3)C(=O)O)c(=O)oc2c1OC. The zero-order valence-electron chi connectivity index (χ0n) is 17.7. The van der Waals surface area contributed by atoms with Gasteiger partial charge in [-0.3, -0.25) is 4.79 Å². The van der Waals surface area contributed by atoms with Crippen LogP contribution < -0.4 is 20.4 Å². The Balaban J connectivity index is 1.86. The summed E-state index contributed by atoms with van der Waals surface area (Å²) in [4.78, 5) is 36.9. The Morgan fingerprint density at radius 3 is 2.41 bits per heavy atom. The lowest BCUT2D eigenvalue weighted by molar-refractivity contribution is -0.141. The summed E-state index contributed by atoms with van der Waals surface area (Å²) in [6, 6.07) is 8.87. The lowest BCUT2D eigenvalue weighted by atomic mass is 10.0. The van der Waals surface area contributed by atoms with E-state index in [0.717, 1.165) is 0 Å². The molecule has 0 saturated carbocycles. The van der Waals surface area contributed by atoms with E-state index in [1.165, 1.54) is 14.2 Å². The number of hydrogen-bond acceptors (Lipinski definition) is 6. The summed E-state index contributed by atoms with van der Waals surface area (Å²) in [5.74, 6) is -1.12. The first kappa shape index (κ1) is 23.1. The molecule has 0 radical (unpaired) electrons. The minimum Gasteiger partial charge on any atom is -0.493 e. The van der Waals surface area contributed by atoms with Crippen LogP contribution in [0.3, 0.4) is 0 Å². The Morgan fingerprint density at radius 2 is 1.81 bits per heavy atom. The highest BCUT2D eigenvalue weighted by atomic mass is 35.5. The van der Waals surface area contributed by atoms with Crippen molar-refractivity contribution in [2.45, 2.75) is 25.8 Å². The number of fused-ring (bicyclic) bond motifs is 1. The normalized spacial score (nSPS) is 11.8. The first-order valence-electron chi connectivity index (χ1n) is 9.69. The number of aryl methyl sites for hydroxylation is 1. The third-order valence-electron chi connectivity index (χ3n) is 5.12. The molecule has 0 saturated heterocycles. The monoisotopic (exact) mass is 459 g/mol. The van der Waals surface area contributed by atoms with Gasteiger partial charge in [0.1, 0.15) is 6.04 Å². The number of nitrogens with one attached hydrogen (secondary N) is 1. The Labute approximate surface area is 188 Å². The molecule has 0 fully saturated rings. The van der Waals surface area contributed by atoms with Crippen molar-refractivity contribution in [3.8, 4) is 11.5 Å². The van der Waals surface area contributed by atoms with Gasteiger partial charge >= 0.3 is 11.6 Å². The Morgan fingerprint density at radius 1 is 1.12 bits per heavy atom. The van der Waals surface area contributed by atoms with E-state index in [-0.39, 0.29) is 29.7 Å². The van der Waals surface area contributed by atoms with Crippen molar-refractivity contribution in [3.63, 3.8) is 0 Å². The van der Waals surface area contributed by atoms with Crippen molar-refractivity contribution in [1.82, 2.24) is 5.32 Å². The Bertz CT molecular complexity index is 1220. The molecule has 2 N–H and O–H groups in total. The van der Waals surface area contributed by atoms with Crippen LogP contribution in [0.5, 0.6) is 11.5 Å². The molecule has 32 heavy (non-hydrogen) atoms. The van der Waals surface area contributed by atoms with Gasteiger partial charge in [-0.2, -0.15) is 0 Å². The number of carboxylic acid groups (broad SMARTS) is 1. The molecule has 1 aromatic heterocycles. The fourth-order valence-corrected chi connectivity index (χ4v) is 3.56. The van der Waals surface area contributed by atoms with E-state index in [2.05, 4.69) is 5.32 Å². The van der Waals surface area contributed by atoms with E-state index in [1.54, 1.807) is 43.3 Å². The van der Waals surface area contributed by atoms with Crippen LogP contribution in [0.1, 0.15) is 16.7 Å². The third-order valence-corrected chi connectivity index (χ3v) is 5.37. The second-order valence-corrected chi connectivity index (χ2v) is 7.57. The maximum Gasteiger partial charge on any atom is 0.340 e. The first-order chi connectivity index (χ1) is 15.2. The number of methoxy groups -OCH3 is 2. The summed E-state index contributed by atoms with van der Waals surface area (Å²) < 4.78 is 16.0. The quantitative estimate of drug-likeness (QED) is 0.497. The zero-order valence-corrected chi connectivity index (χ0v) is 18.5. The molecule has 9 heteroatoms. The summed E-state index contributed by atoms with van der Waals surface area (Å²) in [7, 11) is 2.90. The largest absolute Gasteiger partial charge is 0.493 e. The molecule has 3 aromatic rings.